The molecule has 2 heteroatoms. The first-order valence-corrected chi connectivity index (χ1v) is 6.68. The maximum absolute atomic E-state index is 3.81. The number of hydrogen-bond acceptors (Lipinski definition) is 2. The average Bonchev–Trinajstić information content (AvgIpc) is 2.29. The van der Waals surface area contributed by atoms with Crippen LogP contribution in [0.5, 0.6) is 0 Å². The minimum absolute atomic E-state index is 0.421. The third-order valence-electron chi connectivity index (χ3n) is 2.52. The molecule has 0 spiro atoms. The number of hydrogen-bond donors (Lipinski definition) is 1. The van der Waals surface area contributed by atoms with Gasteiger partial charge in [-0.3, -0.25) is 0 Å². The van der Waals surface area contributed by atoms with Crippen LogP contribution in [-0.2, 0) is 0 Å². The standard InChI is InChI=1S/C14H21NS/c1-5-11(3)16-14-9-7-8-13(10-14)12(4)15-6-2/h5,7-12,15H,1,6H2,2-4H3. The summed E-state index contributed by atoms with van der Waals surface area (Å²) in [5.41, 5.74) is 1.35. The SMILES string of the molecule is C=CC(C)Sc1cccc(C(C)NCC)c1. The first-order valence-electron chi connectivity index (χ1n) is 5.80. The fourth-order valence-corrected chi connectivity index (χ4v) is 2.43. The molecule has 2 atom stereocenters. The third-order valence-corrected chi connectivity index (χ3v) is 3.61. The molecule has 0 aliphatic carbocycles. The van der Waals surface area contributed by atoms with Gasteiger partial charge in [0.15, 0.2) is 0 Å². The van der Waals surface area contributed by atoms with Crippen molar-refractivity contribution in [2.24, 2.45) is 0 Å². The molecule has 0 amide bonds. The fourth-order valence-electron chi connectivity index (χ4n) is 1.54. The summed E-state index contributed by atoms with van der Waals surface area (Å²) in [4.78, 5) is 1.31. The Labute approximate surface area is 103 Å². The molecular weight excluding hydrogens is 214 g/mol. The van der Waals surface area contributed by atoms with Gasteiger partial charge in [-0.2, -0.15) is 0 Å². The predicted octanol–water partition coefficient (Wildman–Crippen LogP) is 4.02. The predicted molar refractivity (Wildman–Crippen MR) is 74.0 cm³/mol. The van der Waals surface area contributed by atoms with E-state index in [1.54, 1.807) is 0 Å². The lowest BCUT2D eigenvalue weighted by Gasteiger charge is -2.14. The van der Waals surface area contributed by atoms with Gasteiger partial charge in [-0.25, -0.2) is 0 Å². The topological polar surface area (TPSA) is 12.0 Å². The molecule has 1 rings (SSSR count). The van der Waals surface area contributed by atoms with Crippen LogP contribution in [0.3, 0.4) is 0 Å². The van der Waals surface area contributed by atoms with Crippen LogP contribution in [0, 0.1) is 0 Å². The summed E-state index contributed by atoms with van der Waals surface area (Å²) >= 11 is 1.85. The Morgan fingerprint density at radius 1 is 1.44 bits per heavy atom. The zero-order valence-electron chi connectivity index (χ0n) is 10.4. The first-order chi connectivity index (χ1) is 7.67. The van der Waals surface area contributed by atoms with Crippen LogP contribution in [0.2, 0.25) is 0 Å². The van der Waals surface area contributed by atoms with Crippen molar-refractivity contribution in [3.8, 4) is 0 Å². The van der Waals surface area contributed by atoms with Gasteiger partial charge < -0.3 is 5.32 Å². The molecular formula is C14H21NS. The van der Waals surface area contributed by atoms with Crippen LogP contribution >= 0.6 is 11.8 Å². The minimum atomic E-state index is 0.421. The molecule has 1 N–H and O–H groups in total. The molecule has 0 saturated carbocycles. The van der Waals surface area contributed by atoms with Gasteiger partial charge in [-0.1, -0.05) is 25.1 Å². The van der Waals surface area contributed by atoms with Crippen LogP contribution in [0.4, 0.5) is 0 Å². The maximum Gasteiger partial charge on any atom is 0.0292 e. The molecule has 0 aliphatic rings. The third kappa shape index (κ3) is 4.03. The normalized spacial score (nSPS) is 14.4. The summed E-state index contributed by atoms with van der Waals surface area (Å²) in [6.07, 6.45) is 1.98. The Kier molecular flexibility index (Phi) is 5.64. The summed E-state index contributed by atoms with van der Waals surface area (Å²) in [7, 11) is 0. The van der Waals surface area contributed by atoms with Gasteiger partial charge in [0.05, 0.1) is 0 Å². The second kappa shape index (κ2) is 6.77. The summed E-state index contributed by atoms with van der Waals surface area (Å²) in [6, 6.07) is 9.15. The molecule has 0 fully saturated rings. The van der Waals surface area contributed by atoms with Crippen LogP contribution in [-0.4, -0.2) is 11.8 Å². The Bertz CT molecular complexity index is 335. The second-order valence-electron chi connectivity index (χ2n) is 3.91. The number of rotatable bonds is 6. The van der Waals surface area contributed by atoms with Crippen molar-refractivity contribution in [1.29, 1.82) is 0 Å². The lowest BCUT2D eigenvalue weighted by molar-refractivity contribution is 0.597. The molecule has 0 saturated heterocycles. The van der Waals surface area contributed by atoms with Gasteiger partial charge in [-0.05, 0) is 38.1 Å². The zero-order chi connectivity index (χ0) is 12.0. The van der Waals surface area contributed by atoms with Crippen molar-refractivity contribution in [1.82, 2.24) is 5.32 Å². The molecule has 88 valence electrons. The Morgan fingerprint density at radius 2 is 2.19 bits per heavy atom. The van der Waals surface area contributed by atoms with Crippen molar-refractivity contribution in [2.75, 3.05) is 6.54 Å². The molecule has 16 heavy (non-hydrogen) atoms. The monoisotopic (exact) mass is 235 g/mol. The lowest BCUT2D eigenvalue weighted by atomic mass is 10.1. The number of benzene rings is 1. The van der Waals surface area contributed by atoms with E-state index < -0.39 is 0 Å². The summed E-state index contributed by atoms with van der Waals surface area (Å²) < 4.78 is 0. The summed E-state index contributed by atoms with van der Waals surface area (Å²) in [5.74, 6) is 0. The van der Waals surface area contributed by atoms with Crippen LogP contribution in [0.25, 0.3) is 0 Å². The minimum Gasteiger partial charge on any atom is -0.310 e. The van der Waals surface area contributed by atoms with Gasteiger partial charge >= 0.3 is 0 Å². The molecule has 2 unspecified atom stereocenters. The van der Waals surface area contributed by atoms with E-state index in [9.17, 15) is 0 Å². The Hall–Kier alpha value is -0.730. The first kappa shape index (κ1) is 13.3. The highest BCUT2D eigenvalue weighted by Crippen LogP contribution is 2.26. The van der Waals surface area contributed by atoms with Crippen molar-refractivity contribution < 1.29 is 0 Å². The van der Waals surface area contributed by atoms with Crippen LogP contribution in [0.15, 0.2) is 41.8 Å². The summed E-state index contributed by atoms with van der Waals surface area (Å²) in [5, 5.41) is 3.89. The Balaban J connectivity index is 2.74. The largest absolute Gasteiger partial charge is 0.310 e. The highest BCUT2D eigenvalue weighted by molar-refractivity contribution is 8.00. The molecule has 1 aromatic rings. The van der Waals surface area contributed by atoms with E-state index in [-0.39, 0.29) is 0 Å². The molecule has 1 nitrogen and oxygen atoms in total. The molecule has 0 aromatic heterocycles. The van der Waals surface area contributed by atoms with Crippen molar-refractivity contribution in [3.05, 3.63) is 42.5 Å². The molecule has 1 aromatic carbocycles. The lowest BCUT2D eigenvalue weighted by Crippen LogP contribution is -2.17. The van der Waals surface area contributed by atoms with Crippen LogP contribution in [0.1, 0.15) is 32.4 Å². The van der Waals surface area contributed by atoms with Crippen molar-refractivity contribution in [3.63, 3.8) is 0 Å². The second-order valence-corrected chi connectivity index (χ2v) is 5.36. The van der Waals surface area contributed by atoms with Crippen molar-refractivity contribution in [2.45, 2.75) is 37.0 Å². The highest BCUT2D eigenvalue weighted by Gasteiger charge is 2.05. The Morgan fingerprint density at radius 3 is 2.81 bits per heavy atom. The number of nitrogens with one attached hydrogen (secondary N) is 1. The maximum atomic E-state index is 3.81. The fraction of sp³-hybridized carbons (Fsp3) is 0.429. The van der Waals surface area contributed by atoms with Gasteiger partial charge in [0.2, 0.25) is 0 Å². The molecule has 0 radical (unpaired) electrons. The molecule has 0 aliphatic heterocycles. The van der Waals surface area contributed by atoms with E-state index in [2.05, 4.69) is 56.9 Å². The van der Waals surface area contributed by atoms with E-state index in [1.807, 2.05) is 17.8 Å². The van der Waals surface area contributed by atoms with E-state index in [0.29, 0.717) is 11.3 Å². The van der Waals surface area contributed by atoms with Crippen LogP contribution < -0.4 is 5.32 Å². The quantitative estimate of drug-likeness (QED) is 0.590. The average molecular weight is 235 g/mol. The smallest absolute Gasteiger partial charge is 0.0292 e. The highest BCUT2D eigenvalue weighted by atomic mass is 32.2. The van der Waals surface area contributed by atoms with E-state index in [4.69, 9.17) is 0 Å². The van der Waals surface area contributed by atoms with Gasteiger partial charge in [-0.15, -0.1) is 18.3 Å². The molecule has 0 heterocycles. The van der Waals surface area contributed by atoms with Gasteiger partial charge in [0.25, 0.3) is 0 Å². The number of thioether (sulfide) groups is 1. The summed E-state index contributed by atoms with van der Waals surface area (Å²) in [6.45, 7) is 11.3. The molecule has 0 bridgehead atoms. The van der Waals surface area contributed by atoms with Gasteiger partial charge in [0, 0.05) is 16.2 Å². The van der Waals surface area contributed by atoms with E-state index in [1.165, 1.54) is 10.5 Å². The van der Waals surface area contributed by atoms with E-state index >= 15 is 0 Å². The van der Waals surface area contributed by atoms with Gasteiger partial charge in [0.1, 0.15) is 0 Å². The zero-order valence-corrected chi connectivity index (χ0v) is 11.2. The van der Waals surface area contributed by atoms with Crippen molar-refractivity contribution >= 4 is 11.8 Å². The van der Waals surface area contributed by atoms with E-state index in [0.717, 1.165) is 6.54 Å².